The second-order valence-corrected chi connectivity index (χ2v) is 7.30. The monoisotopic (exact) mass is 372 g/mol. The van der Waals surface area contributed by atoms with Gasteiger partial charge in [0.15, 0.2) is 11.6 Å². The standard InChI is InChI=1S/C20H32N6O/c1-3-27-15-12-20(10-5-6-11-20)16-23-19(21-2)22-13-9-18-25-24-17-8-4-7-14-26(17)18/h4,7-8,14H,3,5-6,9-13,15-16H2,1-2H3,(H2,21,22,23). The molecule has 0 aromatic carbocycles. The highest BCUT2D eigenvalue weighted by Gasteiger charge is 2.33. The molecule has 7 nitrogen and oxygen atoms in total. The molecule has 2 aromatic rings. The lowest BCUT2D eigenvalue weighted by atomic mass is 9.83. The highest BCUT2D eigenvalue weighted by Crippen LogP contribution is 2.40. The molecule has 2 heterocycles. The lowest BCUT2D eigenvalue weighted by molar-refractivity contribution is 0.105. The van der Waals surface area contributed by atoms with Crippen molar-refractivity contribution in [1.82, 2.24) is 25.2 Å². The Morgan fingerprint density at radius 1 is 1.26 bits per heavy atom. The molecule has 0 amide bonds. The fraction of sp³-hybridized carbons (Fsp3) is 0.650. The van der Waals surface area contributed by atoms with E-state index in [1.165, 1.54) is 25.7 Å². The van der Waals surface area contributed by atoms with Crippen molar-refractivity contribution in [3.05, 3.63) is 30.2 Å². The first-order valence-corrected chi connectivity index (χ1v) is 10.1. The van der Waals surface area contributed by atoms with E-state index in [2.05, 4.69) is 32.7 Å². The van der Waals surface area contributed by atoms with Crippen LogP contribution < -0.4 is 10.6 Å². The number of hydrogen-bond acceptors (Lipinski definition) is 4. The van der Waals surface area contributed by atoms with Gasteiger partial charge < -0.3 is 15.4 Å². The molecule has 7 heteroatoms. The summed E-state index contributed by atoms with van der Waals surface area (Å²) in [6, 6.07) is 5.94. The van der Waals surface area contributed by atoms with Crippen LogP contribution in [0, 0.1) is 5.41 Å². The molecule has 0 unspecified atom stereocenters. The maximum Gasteiger partial charge on any atom is 0.191 e. The first-order valence-electron chi connectivity index (χ1n) is 10.1. The number of hydrogen-bond donors (Lipinski definition) is 2. The van der Waals surface area contributed by atoms with Crippen LogP contribution in [0.2, 0.25) is 0 Å². The zero-order chi connectivity index (χ0) is 19.0. The minimum atomic E-state index is 0.343. The van der Waals surface area contributed by atoms with E-state index in [0.29, 0.717) is 5.41 Å². The Balaban J connectivity index is 1.47. The number of fused-ring (bicyclic) bond motifs is 1. The molecule has 148 valence electrons. The Bertz CT molecular complexity index is 735. The smallest absolute Gasteiger partial charge is 0.191 e. The quantitative estimate of drug-likeness (QED) is 0.402. The molecule has 1 aliphatic rings. The molecule has 0 aliphatic heterocycles. The van der Waals surface area contributed by atoms with Crippen LogP contribution in [0.5, 0.6) is 0 Å². The normalized spacial score (nSPS) is 16.7. The van der Waals surface area contributed by atoms with Crippen LogP contribution in [0.3, 0.4) is 0 Å². The summed E-state index contributed by atoms with van der Waals surface area (Å²) in [5, 5.41) is 15.4. The molecule has 0 saturated heterocycles. The Kier molecular flexibility index (Phi) is 7.04. The van der Waals surface area contributed by atoms with Gasteiger partial charge in [0.1, 0.15) is 5.82 Å². The van der Waals surface area contributed by atoms with Crippen LogP contribution in [0.1, 0.15) is 44.9 Å². The summed E-state index contributed by atoms with van der Waals surface area (Å²) in [5.41, 5.74) is 1.23. The van der Waals surface area contributed by atoms with Crippen molar-refractivity contribution in [3.63, 3.8) is 0 Å². The fourth-order valence-electron chi connectivity index (χ4n) is 3.92. The topological polar surface area (TPSA) is 75.8 Å². The number of pyridine rings is 1. The summed E-state index contributed by atoms with van der Waals surface area (Å²) in [4.78, 5) is 4.38. The van der Waals surface area contributed by atoms with E-state index in [0.717, 1.165) is 56.6 Å². The summed E-state index contributed by atoms with van der Waals surface area (Å²) in [5.74, 6) is 1.81. The molecular formula is C20H32N6O. The molecule has 0 radical (unpaired) electrons. The van der Waals surface area contributed by atoms with Crippen molar-refractivity contribution in [2.45, 2.75) is 45.4 Å². The first kappa shape index (κ1) is 19.6. The minimum absolute atomic E-state index is 0.343. The third-order valence-electron chi connectivity index (χ3n) is 5.52. The molecule has 3 rings (SSSR count). The van der Waals surface area contributed by atoms with E-state index in [1.807, 2.05) is 35.8 Å². The predicted molar refractivity (Wildman–Crippen MR) is 108 cm³/mol. The van der Waals surface area contributed by atoms with Gasteiger partial charge in [-0.1, -0.05) is 18.9 Å². The van der Waals surface area contributed by atoms with Crippen molar-refractivity contribution in [2.75, 3.05) is 33.4 Å². The lowest BCUT2D eigenvalue weighted by Gasteiger charge is -2.30. The zero-order valence-electron chi connectivity index (χ0n) is 16.6. The SMILES string of the molecule is CCOCCC1(CNC(=NC)NCCc2nnc3ccccn23)CCCC1. The predicted octanol–water partition coefficient (Wildman–Crippen LogP) is 2.42. The van der Waals surface area contributed by atoms with Gasteiger partial charge in [0.05, 0.1) is 0 Å². The molecule has 0 spiro atoms. The number of guanidine groups is 1. The maximum atomic E-state index is 5.61. The van der Waals surface area contributed by atoms with Gasteiger partial charge in [-0.05, 0) is 43.7 Å². The van der Waals surface area contributed by atoms with Gasteiger partial charge in [-0.2, -0.15) is 0 Å². The number of nitrogens with zero attached hydrogens (tertiary/aromatic N) is 4. The average Bonchev–Trinajstić information content (AvgIpc) is 3.33. The molecule has 1 aliphatic carbocycles. The van der Waals surface area contributed by atoms with Crippen LogP contribution in [0.25, 0.3) is 5.65 Å². The number of aliphatic imine (C=N–C) groups is 1. The Labute approximate surface area is 161 Å². The van der Waals surface area contributed by atoms with E-state index in [1.54, 1.807) is 0 Å². The second-order valence-electron chi connectivity index (χ2n) is 7.30. The fourth-order valence-corrected chi connectivity index (χ4v) is 3.92. The number of nitrogens with one attached hydrogen (secondary N) is 2. The van der Waals surface area contributed by atoms with Gasteiger partial charge in [0.2, 0.25) is 0 Å². The third-order valence-corrected chi connectivity index (χ3v) is 5.52. The summed E-state index contributed by atoms with van der Waals surface area (Å²) in [7, 11) is 1.82. The Morgan fingerprint density at radius 2 is 2.11 bits per heavy atom. The van der Waals surface area contributed by atoms with Crippen molar-refractivity contribution in [1.29, 1.82) is 0 Å². The van der Waals surface area contributed by atoms with Gasteiger partial charge in [0, 0.05) is 46.0 Å². The van der Waals surface area contributed by atoms with Crippen LogP contribution in [0.4, 0.5) is 0 Å². The van der Waals surface area contributed by atoms with E-state index < -0.39 is 0 Å². The van der Waals surface area contributed by atoms with Gasteiger partial charge in [-0.25, -0.2) is 0 Å². The molecule has 2 N–H and O–H groups in total. The summed E-state index contributed by atoms with van der Waals surface area (Å²) >= 11 is 0. The van der Waals surface area contributed by atoms with E-state index in [-0.39, 0.29) is 0 Å². The molecule has 1 fully saturated rings. The van der Waals surface area contributed by atoms with Crippen molar-refractivity contribution in [3.8, 4) is 0 Å². The summed E-state index contributed by atoms with van der Waals surface area (Å²) < 4.78 is 7.63. The van der Waals surface area contributed by atoms with Crippen molar-refractivity contribution < 1.29 is 4.74 Å². The van der Waals surface area contributed by atoms with Crippen LogP contribution in [-0.4, -0.2) is 53.9 Å². The number of aromatic nitrogens is 3. The zero-order valence-corrected chi connectivity index (χ0v) is 16.6. The van der Waals surface area contributed by atoms with Gasteiger partial charge in [-0.15, -0.1) is 10.2 Å². The van der Waals surface area contributed by atoms with Crippen LogP contribution in [-0.2, 0) is 11.2 Å². The van der Waals surface area contributed by atoms with Gasteiger partial charge in [-0.3, -0.25) is 9.39 Å². The van der Waals surface area contributed by atoms with E-state index in [9.17, 15) is 0 Å². The summed E-state index contributed by atoms with van der Waals surface area (Å²) in [6.07, 6.45) is 9.10. The highest BCUT2D eigenvalue weighted by molar-refractivity contribution is 5.79. The third kappa shape index (κ3) is 5.19. The molecular weight excluding hydrogens is 340 g/mol. The Morgan fingerprint density at radius 3 is 2.89 bits per heavy atom. The van der Waals surface area contributed by atoms with Crippen LogP contribution in [0.15, 0.2) is 29.4 Å². The maximum absolute atomic E-state index is 5.61. The van der Waals surface area contributed by atoms with Gasteiger partial charge in [0.25, 0.3) is 0 Å². The van der Waals surface area contributed by atoms with Gasteiger partial charge >= 0.3 is 0 Å². The van der Waals surface area contributed by atoms with Crippen molar-refractivity contribution in [2.24, 2.45) is 10.4 Å². The molecule has 0 bridgehead atoms. The lowest BCUT2D eigenvalue weighted by Crippen LogP contribution is -2.44. The van der Waals surface area contributed by atoms with E-state index in [4.69, 9.17) is 4.74 Å². The van der Waals surface area contributed by atoms with Crippen LogP contribution >= 0.6 is 0 Å². The molecule has 2 aromatic heterocycles. The van der Waals surface area contributed by atoms with Crippen molar-refractivity contribution >= 4 is 11.6 Å². The number of rotatable bonds is 9. The number of ether oxygens (including phenoxy) is 1. The van der Waals surface area contributed by atoms with E-state index >= 15 is 0 Å². The summed E-state index contributed by atoms with van der Waals surface area (Å²) in [6.45, 7) is 5.42. The largest absolute Gasteiger partial charge is 0.382 e. The average molecular weight is 373 g/mol. The highest BCUT2D eigenvalue weighted by atomic mass is 16.5. The Hall–Kier alpha value is -2.15. The minimum Gasteiger partial charge on any atom is -0.382 e. The first-order chi connectivity index (χ1) is 13.3. The second kappa shape index (κ2) is 9.69. The molecule has 27 heavy (non-hydrogen) atoms. The molecule has 0 atom stereocenters. The molecule has 1 saturated carbocycles.